The van der Waals surface area contributed by atoms with E-state index in [0.29, 0.717) is 37.7 Å². The van der Waals surface area contributed by atoms with Crippen molar-refractivity contribution in [3.8, 4) is 11.5 Å². The lowest BCUT2D eigenvalue weighted by Crippen LogP contribution is -2.50. The first-order valence-electron chi connectivity index (χ1n) is 9.93. The van der Waals surface area contributed by atoms with Crippen LogP contribution in [0.1, 0.15) is 19.3 Å². The molecule has 0 radical (unpaired) electrons. The molecule has 3 aliphatic heterocycles. The monoisotopic (exact) mass is 388 g/mol. The molecule has 0 aromatic heterocycles. The molecule has 0 bridgehead atoms. The minimum atomic E-state index is -0.193. The van der Waals surface area contributed by atoms with Crippen molar-refractivity contribution >= 4 is 17.6 Å². The predicted octanol–water partition coefficient (Wildman–Crippen LogP) is 1.30. The number of nitrogens with one attached hydrogen (secondary N) is 1. The molecule has 0 saturated carbocycles. The lowest BCUT2D eigenvalue weighted by atomic mass is 10.0. The Bertz CT molecular complexity index is 748. The van der Waals surface area contributed by atoms with Crippen molar-refractivity contribution < 1.29 is 19.1 Å². The zero-order chi connectivity index (χ0) is 19.7. The number of hydrogen-bond donors (Lipinski definition) is 1. The number of piperidine rings is 1. The highest BCUT2D eigenvalue weighted by Crippen LogP contribution is 2.35. The molecule has 8 nitrogen and oxygen atoms in total. The fourth-order valence-corrected chi connectivity index (χ4v) is 4.08. The first kappa shape index (κ1) is 18.9. The van der Waals surface area contributed by atoms with Crippen molar-refractivity contribution in [2.24, 2.45) is 0 Å². The summed E-state index contributed by atoms with van der Waals surface area (Å²) in [5, 5.41) is 3.03. The third-order valence-electron chi connectivity index (χ3n) is 5.85. The molecule has 3 amide bonds. The molecule has 8 heteroatoms. The molecule has 4 rings (SSSR count). The second-order valence-corrected chi connectivity index (χ2v) is 7.83. The number of carbonyl (C=O) groups excluding carboxylic acids is 2. The topological polar surface area (TPSA) is 74.4 Å². The zero-order valence-corrected chi connectivity index (χ0v) is 16.5. The van der Waals surface area contributed by atoms with Gasteiger partial charge in [0.15, 0.2) is 11.5 Å². The fraction of sp³-hybridized carbons (Fsp3) is 0.600. The van der Waals surface area contributed by atoms with Gasteiger partial charge in [0.05, 0.1) is 6.04 Å². The number of rotatable bonds is 3. The van der Waals surface area contributed by atoms with Crippen molar-refractivity contribution in [3.63, 3.8) is 0 Å². The Morgan fingerprint density at radius 1 is 1.18 bits per heavy atom. The second kappa shape index (κ2) is 7.87. The number of likely N-dealkylation sites (tertiary alicyclic amines) is 1. The lowest BCUT2D eigenvalue weighted by molar-refractivity contribution is -0.117. The van der Waals surface area contributed by atoms with Crippen molar-refractivity contribution in [1.82, 2.24) is 15.1 Å². The molecule has 1 aromatic rings. The molecule has 28 heavy (non-hydrogen) atoms. The van der Waals surface area contributed by atoms with Crippen molar-refractivity contribution in [2.75, 3.05) is 51.8 Å². The number of urea groups is 1. The molecule has 1 aromatic carbocycles. The van der Waals surface area contributed by atoms with Gasteiger partial charge in [-0.25, -0.2) is 4.79 Å². The average Bonchev–Trinajstić information content (AvgIpc) is 3.07. The molecule has 0 spiro atoms. The third kappa shape index (κ3) is 3.87. The second-order valence-electron chi connectivity index (χ2n) is 7.83. The maximum atomic E-state index is 12.7. The van der Waals surface area contributed by atoms with Gasteiger partial charge in [-0.1, -0.05) is 0 Å². The molecular formula is C20H28N4O4. The van der Waals surface area contributed by atoms with Crippen LogP contribution in [0.15, 0.2) is 18.2 Å². The van der Waals surface area contributed by atoms with Gasteiger partial charge in [-0.2, -0.15) is 0 Å². The SMILES string of the molecule is CN1CCC(N(C)C(=O)N[C@@H]2CC(=O)N(c3ccc4c(c3)OCCO4)C2)CC1. The van der Waals surface area contributed by atoms with Gasteiger partial charge in [0.25, 0.3) is 0 Å². The fourth-order valence-electron chi connectivity index (χ4n) is 4.08. The maximum Gasteiger partial charge on any atom is 0.317 e. The van der Waals surface area contributed by atoms with Gasteiger partial charge in [-0.15, -0.1) is 0 Å². The van der Waals surface area contributed by atoms with Crippen molar-refractivity contribution in [3.05, 3.63) is 18.2 Å². The number of hydrogen-bond acceptors (Lipinski definition) is 5. The van der Waals surface area contributed by atoms with E-state index >= 15 is 0 Å². The summed E-state index contributed by atoms with van der Waals surface area (Å²) in [6, 6.07) is 5.48. The molecule has 2 fully saturated rings. The third-order valence-corrected chi connectivity index (χ3v) is 5.85. The summed E-state index contributed by atoms with van der Waals surface area (Å²) >= 11 is 0. The van der Waals surface area contributed by atoms with E-state index < -0.39 is 0 Å². The van der Waals surface area contributed by atoms with Crippen LogP contribution in [0.5, 0.6) is 11.5 Å². The lowest BCUT2D eigenvalue weighted by Gasteiger charge is -2.35. The zero-order valence-electron chi connectivity index (χ0n) is 16.5. The van der Waals surface area contributed by atoms with Crippen LogP contribution in [-0.2, 0) is 4.79 Å². The van der Waals surface area contributed by atoms with Gasteiger partial charge in [0.1, 0.15) is 13.2 Å². The number of fused-ring (bicyclic) bond motifs is 1. The Hall–Kier alpha value is -2.48. The molecule has 3 aliphatic rings. The molecule has 2 saturated heterocycles. The summed E-state index contributed by atoms with van der Waals surface area (Å²) in [5.41, 5.74) is 0.773. The van der Waals surface area contributed by atoms with E-state index in [1.54, 1.807) is 9.80 Å². The van der Waals surface area contributed by atoms with Crippen LogP contribution in [0, 0.1) is 0 Å². The van der Waals surface area contributed by atoms with Gasteiger partial charge < -0.3 is 29.5 Å². The van der Waals surface area contributed by atoms with E-state index in [0.717, 1.165) is 31.6 Å². The van der Waals surface area contributed by atoms with Gasteiger partial charge >= 0.3 is 6.03 Å². The molecule has 152 valence electrons. The van der Waals surface area contributed by atoms with E-state index in [1.807, 2.05) is 25.2 Å². The summed E-state index contributed by atoms with van der Waals surface area (Å²) in [5.74, 6) is 1.36. The Balaban J connectivity index is 1.36. The Morgan fingerprint density at radius 3 is 2.64 bits per heavy atom. The minimum Gasteiger partial charge on any atom is -0.486 e. The highest BCUT2D eigenvalue weighted by atomic mass is 16.6. The molecule has 1 atom stereocenters. The largest absolute Gasteiger partial charge is 0.486 e. The van der Waals surface area contributed by atoms with E-state index in [1.165, 1.54) is 0 Å². The number of anilines is 1. The molecule has 3 heterocycles. The van der Waals surface area contributed by atoms with Gasteiger partial charge in [-0.3, -0.25) is 4.79 Å². The maximum absolute atomic E-state index is 12.7. The summed E-state index contributed by atoms with van der Waals surface area (Å²) in [4.78, 5) is 31.0. The minimum absolute atomic E-state index is 0.00363. The quantitative estimate of drug-likeness (QED) is 0.845. The van der Waals surface area contributed by atoms with Crippen LogP contribution in [0.3, 0.4) is 0 Å². The van der Waals surface area contributed by atoms with Gasteiger partial charge in [-0.05, 0) is 45.1 Å². The van der Waals surface area contributed by atoms with Gasteiger partial charge in [0.2, 0.25) is 5.91 Å². The normalized spacial score (nSPS) is 23.0. The van der Waals surface area contributed by atoms with Crippen molar-refractivity contribution in [2.45, 2.75) is 31.3 Å². The highest BCUT2D eigenvalue weighted by Gasteiger charge is 2.34. The molecular weight excluding hydrogens is 360 g/mol. The van der Waals surface area contributed by atoms with Crippen LogP contribution in [-0.4, -0.2) is 80.8 Å². The summed E-state index contributed by atoms with van der Waals surface area (Å²) in [7, 11) is 3.95. The first-order chi connectivity index (χ1) is 13.5. The van der Waals surface area contributed by atoms with E-state index in [9.17, 15) is 9.59 Å². The van der Waals surface area contributed by atoms with E-state index in [-0.39, 0.29) is 24.0 Å². The molecule has 0 unspecified atom stereocenters. The highest BCUT2D eigenvalue weighted by molar-refractivity contribution is 5.97. The first-order valence-corrected chi connectivity index (χ1v) is 9.93. The van der Waals surface area contributed by atoms with Gasteiger partial charge in [0, 0.05) is 37.8 Å². The Morgan fingerprint density at radius 2 is 1.89 bits per heavy atom. The van der Waals surface area contributed by atoms with Crippen molar-refractivity contribution in [1.29, 1.82) is 0 Å². The van der Waals surface area contributed by atoms with Crippen LogP contribution in [0.2, 0.25) is 0 Å². The van der Waals surface area contributed by atoms with E-state index in [2.05, 4.69) is 17.3 Å². The van der Waals surface area contributed by atoms with Crippen LogP contribution in [0.4, 0.5) is 10.5 Å². The smallest absolute Gasteiger partial charge is 0.317 e. The number of benzene rings is 1. The number of nitrogens with zero attached hydrogens (tertiary/aromatic N) is 3. The molecule has 1 N–H and O–H groups in total. The number of amides is 3. The van der Waals surface area contributed by atoms with Crippen LogP contribution >= 0.6 is 0 Å². The van der Waals surface area contributed by atoms with E-state index in [4.69, 9.17) is 9.47 Å². The van der Waals surface area contributed by atoms with Crippen LogP contribution < -0.4 is 19.7 Å². The number of ether oxygens (including phenoxy) is 2. The summed E-state index contributed by atoms with van der Waals surface area (Å²) < 4.78 is 11.2. The molecule has 0 aliphatic carbocycles. The predicted molar refractivity (Wildman–Crippen MR) is 105 cm³/mol. The Labute approximate surface area is 165 Å². The summed E-state index contributed by atoms with van der Waals surface area (Å²) in [6.45, 7) is 3.51. The average molecular weight is 388 g/mol. The van der Waals surface area contributed by atoms with Crippen LogP contribution in [0.25, 0.3) is 0 Å². The number of carbonyl (C=O) groups is 2. The summed E-state index contributed by atoms with van der Waals surface area (Å²) in [6.07, 6.45) is 2.27. The Kier molecular flexibility index (Phi) is 5.30. The standard InChI is InChI=1S/C20H28N4O4/c1-22-7-5-15(6-8-22)23(2)20(26)21-14-11-19(25)24(13-14)16-3-4-17-18(12-16)28-10-9-27-17/h3-4,12,14-15H,5-11,13H2,1-2H3,(H,21,26)/t14-/m1/s1.